The standard InChI is InChI=1S/C15H18N4O4/c1-12(20)23-15(10-16,21-3)14(2,18-19-17)11-22-9-13-7-5-4-6-8-13/h4-8H,9,11H2,1-3H3. The lowest BCUT2D eigenvalue weighted by Gasteiger charge is -2.37. The highest BCUT2D eigenvalue weighted by Gasteiger charge is 2.53. The largest absolute Gasteiger partial charge is 0.418 e. The first-order valence-electron chi connectivity index (χ1n) is 6.77. The summed E-state index contributed by atoms with van der Waals surface area (Å²) in [4.78, 5) is 14.0. The first-order valence-corrected chi connectivity index (χ1v) is 6.77. The van der Waals surface area contributed by atoms with Gasteiger partial charge in [0.05, 0.1) is 13.2 Å². The topological polar surface area (TPSA) is 117 Å². The van der Waals surface area contributed by atoms with Crippen LogP contribution in [0.3, 0.4) is 0 Å². The van der Waals surface area contributed by atoms with Crippen molar-refractivity contribution < 1.29 is 19.0 Å². The van der Waals surface area contributed by atoms with Gasteiger partial charge in [-0.3, -0.25) is 4.79 Å². The Morgan fingerprint density at radius 2 is 2.09 bits per heavy atom. The number of carbonyl (C=O) groups excluding carboxylic acids is 1. The fourth-order valence-electron chi connectivity index (χ4n) is 1.99. The average Bonchev–Trinajstić information content (AvgIpc) is 2.53. The number of carbonyl (C=O) groups is 1. The number of hydrogen-bond donors (Lipinski definition) is 0. The van der Waals surface area contributed by atoms with Crippen molar-refractivity contribution in [3.05, 3.63) is 46.3 Å². The lowest BCUT2D eigenvalue weighted by atomic mass is 9.93. The first-order chi connectivity index (χ1) is 10.9. The van der Waals surface area contributed by atoms with Gasteiger partial charge in [-0.2, -0.15) is 5.26 Å². The van der Waals surface area contributed by atoms with E-state index in [4.69, 9.17) is 19.7 Å². The van der Waals surface area contributed by atoms with Gasteiger partial charge in [0.15, 0.2) is 0 Å². The van der Waals surface area contributed by atoms with Gasteiger partial charge >= 0.3 is 11.8 Å². The summed E-state index contributed by atoms with van der Waals surface area (Å²) in [5.41, 5.74) is 8.15. The van der Waals surface area contributed by atoms with E-state index in [2.05, 4.69) is 10.0 Å². The summed E-state index contributed by atoms with van der Waals surface area (Å²) in [5.74, 6) is -2.82. The number of nitrogens with zero attached hydrogens (tertiary/aromatic N) is 4. The van der Waals surface area contributed by atoms with Crippen molar-refractivity contribution in [2.75, 3.05) is 13.7 Å². The average molecular weight is 318 g/mol. The Balaban J connectivity index is 2.98. The van der Waals surface area contributed by atoms with Crippen LogP contribution in [0, 0.1) is 11.3 Å². The molecule has 122 valence electrons. The Hall–Kier alpha value is -2.59. The van der Waals surface area contributed by atoms with Crippen molar-refractivity contribution in [2.24, 2.45) is 5.11 Å². The summed E-state index contributed by atoms with van der Waals surface area (Å²) in [6, 6.07) is 11.1. The highest BCUT2D eigenvalue weighted by molar-refractivity contribution is 5.67. The van der Waals surface area contributed by atoms with Crippen LogP contribution in [0.1, 0.15) is 19.4 Å². The maximum atomic E-state index is 11.3. The van der Waals surface area contributed by atoms with Gasteiger partial charge in [-0.25, -0.2) is 0 Å². The summed E-state index contributed by atoms with van der Waals surface area (Å²) in [6.45, 7) is 2.61. The number of benzene rings is 1. The molecule has 2 unspecified atom stereocenters. The lowest BCUT2D eigenvalue weighted by molar-refractivity contribution is -0.224. The molecule has 23 heavy (non-hydrogen) atoms. The summed E-state index contributed by atoms with van der Waals surface area (Å²) >= 11 is 0. The molecule has 1 aromatic carbocycles. The Morgan fingerprint density at radius 1 is 1.43 bits per heavy atom. The van der Waals surface area contributed by atoms with Crippen LogP contribution in [0.5, 0.6) is 0 Å². The summed E-state index contributed by atoms with van der Waals surface area (Å²) in [7, 11) is 1.19. The molecule has 0 heterocycles. The van der Waals surface area contributed by atoms with E-state index in [9.17, 15) is 10.1 Å². The molecule has 0 aliphatic rings. The number of ether oxygens (including phenoxy) is 3. The van der Waals surface area contributed by atoms with Crippen molar-refractivity contribution in [1.82, 2.24) is 0 Å². The molecule has 0 aliphatic carbocycles. The van der Waals surface area contributed by atoms with Crippen LogP contribution in [0.15, 0.2) is 35.4 Å². The van der Waals surface area contributed by atoms with Crippen molar-refractivity contribution in [3.8, 4) is 6.07 Å². The van der Waals surface area contributed by atoms with E-state index in [0.717, 1.165) is 12.5 Å². The smallest absolute Gasteiger partial charge is 0.316 e. The summed E-state index contributed by atoms with van der Waals surface area (Å²) in [5, 5.41) is 13.0. The van der Waals surface area contributed by atoms with Crippen LogP contribution in [-0.2, 0) is 25.6 Å². The number of nitriles is 1. The lowest BCUT2D eigenvalue weighted by Crippen LogP contribution is -2.56. The monoisotopic (exact) mass is 318 g/mol. The zero-order valence-corrected chi connectivity index (χ0v) is 13.2. The number of esters is 1. The molecular formula is C15H18N4O4. The molecule has 0 saturated carbocycles. The predicted octanol–water partition coefficient (Wildman–Crippen LogP) is 2.70. The molecule has 1 rings (SSSR count). The third-order valence-corrected chi connectivity index (χ3v) is 3.19. The van der Waals surface area contributed by atoms with E-state index in [1.165, 1.54) is 14.0 Å². The third kappa shape index (κ3) is 4.44. The van der Waals surface area contributed by atoms with E-state index in [1.54, 1.807) is 6.07 Å². The fourth-order valence-corrected chi connectivity index (χ4v) is 1.99. The molecule has 0 spiro atoms. The number of hydrogen-bond acceptors (Lipinski definition) is 6. The van der Waals surface area contributed by atoms with Crippen LogP contribution in [0.25, 0.3) is 10.4 Å². The quantitative estimate of drug-likeness (QED) is 0.240. The highest BCUT2D eigenvalue weighted by Crippen LogP contribution is 2.32. The van der Waals surface area contributed by atoms with Gasteiger partial charge in [0.2, 0.25) is 0 Å². The van der Waals surface area contributed by atoms with E-state index in [-0.39, 0.29) is 13.2 Å². The van der Waals surface area contributed by atoms with Crippen molar-refractivity contribution >= 4 is 5.97 Å². The van der Waals surface area contributed by atoms with Crippen LogP contribution >= 0.6 is 0 Å². The van der Waals surface area contributed by atoms with Gasteiger partial charge < -0.3 is 14.2 Å². The summed E-state index contributed by atoms with van der Waals surface area (Å²) < 4.78 is 15.6. The second kappa shape index (κ2) is 8.15. The van der Waals surface area contributed by atoms with Crippen molar-refractivity contribution in [3.63, 3.8) is 0 Å². The second-order valence-corrected chi connectivity index (χ2v) is 4.97. The molecule has 0 radical (unpaired) electrons. The van der Waals surface area contributed by atoms with E-state index in [1.807, 2.05) is 30.3 Å². The third-order valence-electron chi connectivity index (χ3n) is 3.19. The Labute approximate surface area is 134 Å². The maximum Gasteiger partial charge on any atom is 0.316 e. The van der Waals surface area contributed by atoms with Crippen LogP contribution in [-0.4, -0.2) is 31.0 Å². The van der Waals surface area contributed by atoms with Crippen molar-refractivity contribution in [1.29, 1.82) is 5.26 Å². The normalized spacial score (nSPS) is 15.4. The molecule has 0 aliphatic heterocycles. The minimum absolute atomic E-state index is 0.180. The Bertz CT molecular complexity index is 624. The molecular weight excluding hydrogens is 300 g/mol. The molecule has 2 atom stereocenters. The van der Waals surface area contributed by atoms with Crippen LogP contribution < -0.4 is 0 Å². The molecule has 8 heteroatoms. The molecule has 0 N–H and O–H groups in total. The van der Waals surface area contributed by atoms with Crippen LogP contribution in [0.2, 0.25) is 0 Å². The molecule has 0 aromatic heterocycles. The maximum absolute atomic E-state index is 11.3. The number of azide groups is 1. The SMILES string of the molecule is COC(C#N)(OC(C)=O)C(C)(COCc1ccccc1)N=[N+]=[N-]. The van der Waals surface area contributed by atoms with E-state index >= 15 is 0 Å². The predicted molar refractivity (Wildman–Crippen MR) is 80.8 cm³/mol. The molecule has 0 amide bonds. The minimum Gasteiger partial charge on any atom is -0.418 e. The minimum atomic E-state index is -2.08. The van der Waals surface area contributed by atoms with E-state index < -0.39 is 17.3 Å². The van der Waals surface area contributed by atoms with Gasteiger partial charge in [-0.05, 0) is 18.0 Å². The van der Waals surface area contributed by atoms with Crippen LogP contribution in [0.4, 0.5) is 0 Å². The molecule has 1 aromatic rings. The van der Waals surface area contributed by atoms with Gasteiger partial charge in [-0.15, -0.1) is 0 Å². The Kier molecular flexibility index (Phi) is 6.54. The van der Waals surface area contributed by atoms with Crippen molar-refractivity contribution in [2.45, 2.75) is 31.8 Å². The first kappa shape index (κ1) is 18.5. The fraction of sp³-hybridized carbons (Fsp3) is 0.467. The highest BCUT2D eigenvalue weighted by atomic mass is 16.7. The van der Waals surface area contributed by atoms with Gasteiger partial charge in [-0.1, -0.05) is 35.4 Å². The molecule has 0 fully saturated rings. The molecule has 8 nitrogen and oxygen atoms in total. The Morgan fingerprint density at radius 3 is 2.57 bits per heavy atom. The zero-order chi connectivity index (χ0) is 17.3. The van der Waals surface area contributed by atoms with Gasteiger partial charge in [0.25, 0.3) is 0 Å². The zero-order valence-electron chi connectivity index (χ0n) is 13.2. The number of rotatable bonds is 8. The number of methoxy groups -OCH3 is 1. The van der Waals surface area contributed by atoms with E-state index in [0.29, 0.717) is 0 Å². The van der Waals surface area contributed by atoms with Gasteiger partial charge in [0, 0.05) is 18.9 Å². The molecule has 0 saturated heterocycles. The summed E-state index contributed by atoms with van der Waals surface area (Å²) in [6.07, 6.45) is 0. The molecule has 0 bridgehead atoms. The van der Waals surface area contributed by atoms with Gasteiger partial charge in [0.1, 0.15) is 11.6 Å². The second-order valence-electron chi connectivity index (χ2n) is 4.97.